The molecule has 0 aliphatic heterocycles. The number of nitrogens with zero attached hydrogens (tertiary/aromatic N) is 2. The van der Waals surface area contributed by atoms with Crippen molar-refractivity contribution >= 4 is 44.3 Å². The Morgan fingerprint density at radius 3 is 2.30 bits per heavy atom. The zero-order valence-electron chi connectivity index (χ0n) is 20.5. The quantitative estimate of drug-likeness (QED) is 0.179. The molecule has 0 saturated heterocycles. The van der Waals surface area contributed by atoms with E-state index >= 15 is 0 Å². The second-order valence-corrected chi connectivity index (χ2v) is 10.2. The number of fused-ring (bicyclic) bond motifs is 1. The van der Waals surface area contributed by atoms with Gasteiger partial charge in [0.1, 0.15) is 0 Å². The van der Waals surface area contributed by atoms with Crippen molar-refractivity contribution in [2.45, 2.75) is 18.2 Å². The van der Waals surface area contributed by atoms with E-state index in [4.69, 9.17) is 9.15 Å². The van der Waals surface area contributed by atoms with Gasteiger partial charge in [0.05, 0.1) is 41.5 Å². The number of hydrogen-bond acceptors (Lipinski definition) is 6. The molecule has 0 atom stereocenters. The lowest BCUT2D eigenvalue weighted by Crippen LogP contribution is -2.33. The van der Waals surface area contributed by atoms with Crippen LogP contribution in [0.15, 0.2) is 101 Å². The number of aromatic nitrogens is 1. The van der Waals surface area contributed by atoms with Crippen LogP contribution in [0, 0.1) is 0 Å². The molecule has 1 amide bonds. The van der Waals surface area contributed by atoms with Crippen LogP contribution in [0.3, 0.4) is 0 Å². The van der Waals surface area contributed by atoms with E-state index in [1.54, 1.807) is 61.5 Å². The predicted molar refractivity (Wildman–Crippen MR) is 142 cm³/mol. The summed E-state index contributed by atoms with van der Waals surface area (Å²) in [5.74, 6) is -0.871. The monoisotopic (exact) mass is 518 g/mol. The summed E-state index contributed by atoms with van der Waals surface area (Å²) in [5.41, 5.74) is 1.15. The summed E-state index contributed by atoms with van der Waals surface area (Å²) in [6, 6.07) is 17.9. The molecule has 37 heavy (non-hydrogen) atoms. The highest BCUT2D eigenvalue weighted by Crippen LogP contribution is 2.35. The van der Waals surface area contributed by atoms with Crippen molar-refractivity contribution in [1.82, 2.24) is 3.97 Å². The standard InChI is InChI=1S/C28H26N2O6S/c1-19(2)18-29(26-15-10-16-36-26)25(31)17-23-22-13-8-9-14-24(22)30(27(23)20(3)28(32)35-4)37(33,34)21-11-6-5-7-12-21/h5-16H,1,3,17-18H2,2,4H3. The largest absolute Gasteiger partial charge is 0.465 e. The summed E-state index contributed by atoms with van der Waals surface area (Å²) < 4.78 is 39.2. The first-order valence-electron chi connectivity index (χ1n) is 11.4. The summed E-state index contributed by atoms with van der Waals surface area (Å²) in [4.78, 5) is 27.8. The Morgan fingerprint density at radius 2 is 1.68 bits per heavy atom. The Morgan fingerprint density at radius 1 is 1.00 bits per heavy atom. The van der Waals surface area contributed by atoms with E-state index in [-0.39, 0.29) is 35.0 Å². The normalized spacial score (nSPS) is 11.3. The summed E-state index contributed by atoms with van der Waals surface area (Å²) in [7, 11) is -3.01. The van der Waals surface area contributed by atoms with Gasteiger partial charge >= 0.3 is 5.97 Å². The number of para-hydroxylation sites is 1. The molecule has 0 spiro atoms. The molecular formula is C28H26N2O6S. The fourth-order valence-electron chi connectivity index (χ4n) is 4.16. The maximum absolute atomic E-state index is 13.9. The number of carbonyl (C=O) groups excluding carboxylic acids is 2. The molecule has 190 valence electrons. The molecular weight excluding hydrogens is 492 g/mol. The molecule has 8 nitrogen and oxygen atoms in total. The smallest absolute Gasteiger partial charge is 0.339 e. The summed E-state index contributed by atoms with van der Waals surface area (Å²) in [6.07, 6.45) is 1.22. The van der Waals surface area contributed by atoms with Gasteiger partial charge < -0.3 is 9.15 Å². The molecule has 0 N–H and O–H groups in total. The summed E-state index contributed by atoms with van der Waals surface area (Å²) in [6.45, 7) is 9.73. The van der Waals surface area contributed by atoms with Crippen molar-refractivity contribution in [3.8, 4) is 0 Å². The van der Waals surface area contributed by atoms with Gasteiger partial charge in [-0.1, -0.05) is 55.1 Å². The van der Waals surface area contributed by atoms with E-state index in [0.717, 1.165) is 9.55 Å². The number of rotatable bonds is 9. The van der Waals surface area contributed by atoms with E-state index in [1.807, 2.05) is 0 Å². The highest BCUT2D eigenvalue weighted by Gasteiger charge is 2.32. The van der Waals surface area contributed by atoms with Crippen molar-refractivity contribution in [3.05, 3.63) is 103 Å². The Hall–Kier alpha value is -4.37. The molecule has 0 aliphatic carbocycles. The first-order chi connectivity index (χ1) is 17.7. The van der Waals surface area contributed by atoms with Gasteiger partial charge in [-0.2, -0.15) is 0 Å². The maximum Gasteiger partial charge on any atom is 0.339 e. The van der Waals surface area contributed by atoms with Crippen molar-refractivity contribution < 1.29 is 27.2 Å². The predicted octanol–water partition coefficient (Wildman–Crippen LogP) is 4.81. The summed E-state index contributed by atoms with van der Waals surface area (Å²) >= 11 is 0. The second-order valence-electron chi connectivity index (χ2n) is 8.46. The minimum atomic E-state index is -4.19. The number of anilines is 1. The lowest BCUT2D eigenvalue weighted by molar-refractivity contribution is -0.133. The number of benzene rings is 2. The van der Waals surface area contributed by atoms with Crippen LogP contribution in [0.5, 0.6) is 0 Å². The molecule has 2 aromatic heterocycles. The Bertz CT molecular complexity index is 1600. The molecule has 4 aromatic rings. The minimum absolute atomic E-state index is 0.0139. The van der Waals surface area contributed by atoms with Crippen LogP contribution >= 0.6 is 0 Å². The van der Waals surface area contributed by atoms with Crippen LogP contribution in [-0.2, 0) is 30.8 Å². The fourth-order valence-corrected chi connectivity index (χ4v) is 5.75. The van der Waals surface area contributed by atoms with Gasteiger partial charge in [0.2, 0.25) is 11.8 Å². The zero-order chi connectivity index (χ0) is 26.7. The first-order valence-corrected chi connectivity index (χ1v) is 12.8. The average Bonchev–Trinajstić information content (AvgIpc) is 3.54. The number of hydrogen-bond donors (Lipinski definition) is 0. The van der Waals surface area contributed by atoms with E-state index in [2.05, 4.69) is 13.2 Å². The maximum atomic E-state index is 13.9. The topological polar surface area (TPSA) is 98.8 Å². The number of ether oxygens (including phenoxy) is 1. The third-order valence-electron chi connectivity index (χ3n) is 5.77. The van der Waals surface area contributed by atoms with Gasteiger partial charge in [-0.3, -0.25) is 9.69 Å². The molecule has 0 saturated carbocycles. The molecule has 0 fully saturated rings. The van der Waals surface area contributed by atoms with Crippen LogP contribution in [0.1, 0.15) is 18.2 Å². The molecule has 2 aromatic carbocycles. The first kappa shape index (κ1) is 25.7. The molecule has 2 heterocycles. The van der Waals surface area contributed by atoms with Crippen LogP contribution < -0.4 is 4.90 Å². The molecule has 0 bridgehead atoms. The number of carbonyl (C=O) groups is 2. The number of methoxy groups -OCH3 is 1. The molecule has 4 rings (SSSR count). The van der Waals surface area contributed by atoms with E-state index < -0.39 is 16.0 Å². The van der Waals surface area contributed by atoms with Crippen LogP contribution in [0.25, 0.3) is 16.5 Å². The van der Waals surface area contributed by atoms with E-state index in [0.29, 0.717) is 22.4 Å². The van der Waals surface area contributed by atoms with Gasteiger partial charge in [-0.25, -0.2) is 17.2 Å². The molecule has 9 heteroatoms. The van der Waals surface area contributed by atoms with Crippen molar-refractivity contribution in [2.75, 3.05) is 18.6 Å². The Labute approximate surface area is 215 Å². The van der Waals surface area contributed by atoms with Gasteiger partial charge in [0.25, 0.3) is 10.0 Å². The van der Waals surface area contributed by atoms with Crippen molar-refractivity contribution in [1.29, 1.82) is 0 Å². The van der Waals surface area contributed by atoms with Gasteiger partial charge in [0, 0.05) is 18.0 Å². The van der Waals surface area contributed by atoms with Crippen LogP contribution in [0.2, 0.25) is 0 Å². The Kier molecular flexibility index (Phi) is 7.17. The lowest BCUT2D eigenvalue weighted by Gasteiger charge is -2.21. The minimum Gasteiger partial charge on any atom is -0.465 e. The van der Waals surface area contributed by atoms with Gasteiger partial charge in [-0.15, -0.1) is 0 Å². The van der Waals surface area contributed by atoms with Crippen molar-refractivity contribution in [2.24, 2.45) is 0 Å². The van der Waals surface area contributed by atoms with E-state index in [9.17, 15) is 18.0 Å². The Balaban J connectivity index is 1.97. The van der Waals surface area contributed by atoms with Crippen molar-refractivity contribution in [3.63, 3.8) is 0 Å². The molecule has 0 unspecified atom stereocenters. The second kappa shape index (κ2) is 10.3. The molecule has 0 radical (unpaired) electrons. The molecule has 0 aliphatic rings. The lowest BCUT2D eigenvalue weighted by atomic mass is 10.0. The van der Waals surface area contributed by atoms with Gasteiger partial charge in [0.15, 0.2) is 0 Å². The zero-order valence-corrected chi connectivity index (χ0v) is 21.3. The van der Waals surface area contributed by atoms with Crippen LogP contribution in [-0.4, -0.2) is 37.9 Å². The highest BCUT2D eigenvalue weighted by molar-refractivity contribution is 7.90. The fraction of sp³-hybridized carbons (Fsp3) is 0.143. The third kappa shape index (κ3) is 4.85. The third-order valence-corrected chi connectivity index (χ3v) is 7.49. The SMILES string of the molecule is C=C(C)CN(C(=O)Cc1c(C(=C)C(=O)OC)n(S(=O)(=O)c2ccccc2)c2ccccc12)c1ccco1. The number of furan rings is 1. The van der Waals surface area contributed by atoms with Gasteiger partial charge in [-0.05, 0) is 36.8 Å². The van der Waals surface area contributed by atoms with E-state index in [1.165, 1.54) is 30.4 Å². The highest BCUT2D eigenvalue weighted by atomic mass is 32.2. The summed E-state index contributed by atoms with van der Waals surface area (Å²) in [5, 5.41) is 0.491. The van der Waals surface area contributed by atoms with Crippen LogP contribution in [0.4, 0.5) is 5.88 Å². The number of amides is 1. The average molecular weight is 519 g/mol. The number of esters is 1.